The van der Waals surface area contributed by atoms with Gasteiger partial charge in [-0.1, -0.05) is 6.07 Å². The Morgan fingerprint density at radius 2 is 2.17 bits per heavy atom. The summed E-state index contributed by atoms with van der Waals surface area (Å²) in [6.07, 6.45) is 1.61. The summed E-state index contributed by atoms with van der Waals surface area (Å²) in [5.41, 5.74) is 0. The summed E-state index contributed by atoms with van der Waals surface area (Å²) in [4.78, 5) is 0. The van der Waals surface area contributed by atoms with Crippen LogP contribution in [0, 0.1) is 5.82 Å². The van der Waals surface area contributed by atoms with E-state index in [1.165, 1.54) is 16.4 Å². The Bertz CT molecular complexity index is 504. The third-order valence-electron chi connectivity index (χ3n) is 2.86. The minimum absolute atomic E-state index is 0.215. The van der Waals surface area contributed by atoms with Crippen molar-refractivity contribution >= 4 is 10.0 Å². The average molecular weight is 273 g/mol. The first-order valence-electron chi connectivity index (χ1n) is 5.94. The lowest BCUT2D eigenvalue weighted by Gasteiger charge is -2.25. The fraction of sp³-hybridized carbons (Fsp3) is 0.500. The predicted octanol–water partition coefficient (Wildman–Crippen LogP) is 1.63. The molecule has 0 unspecified atom stereocenters. The predicted molar refractivity (Wildman–Crippen MR) is 66.5 cm³/mol. The van der Waals surface area contributed by atoms with Crippen LogP contribution in [0.4, 0.5) is 4.39 Å². The molecule has 1 fully saturated rings. The van der Waals surface area contributed by atoms with E-state index in [0.717, 1.165) is 12.8 Å². The zero-order chi connectivity index (χ0) is 13.0. The molecule has 100 valence electrons. The van der Waals surface area contributed by atoms with Crippen molar-refractivity contribution < 1.29 is 17.5 Å². The van der Waals surface area contributed by atoms with Gasteiger partial charge in [0.05, 0.1) is 5.75 Å². The Kier molecular flexibility index (Phi) is 4.19. The number of benzene rings is 1. The van der Waals surface area contributed by atoms with Crippen LogP contribution in [-0.2, 0) is 10.0 Å². The second-order valence-electron chi connectivity index (χ2n) is 4.23. The van der Waals surface area contributed by atoms with Crippen LogP contribution in [0.2, 0.25) is 0 Å². The normalized spacial score (nSPS) is 19.6. The molecule has 0 N–H and O–H groups in total. The Labute approximate surface area is 106 Å². The van der Waals surface area contributed by atoms with E-state index in [2.05, 4.69) is 0 Å². The van der Waals surface area contributed by atoms with Gasteiger partial charge in [-0.15, -0.1) is 0 Å². The monoisotopic (exact) mass is 273 g/mol. The molecule has 2 rings (SSSR count). The fourth-order valence-corrected chi connectivity index (χ4v) is 3.50. The van der Waals surface area contributed by atoms with Crippen molar-refractivity contribution in [2.45, 2.75) is 12.8 Å². The number of halogens is 1. The van der Waals surface area contributed by atoms with Gasteiger partial charge in [0.25, 0.3) is 0 Å². The van der Waals surface area contributed by atoms with Gasteiger partial charge in [-0.05, 0) is 25.0 Å². The molecule has 0 bridgehead atoms. The lowest BCUT2D eigenvalue weighted by molar-refractivity contribution is 0.265. The van der Waals surface area contributed by atoms with Gasteiger partial charge < -0.3 is 4.74 Å². The highest BCUT2D eigenvalue weighted by Gasteiger charge is 2.25. The number of hydrogen-bond donors (Lipinski definition) is 0. The minimum Gasteiger partial charge on any atom is -0.492 e. The van der Waals surface area contributed by atoms with Crippen molar-refractivity contribution in [3.05, 3.63) is 30.1 Å². The van der Waals surface area contributed by atoms with Crippen LogP contribution >= 0.6 is 0 Å². The van der Waals surface area contributed by atoms with E-state index in [4.69, 9.17) is 4.74 Å². The number of hydrogen-bond acceptors (Lipinski definition) is 3. The maximum Gasteiger partial charge on any atom is 0.214 e. The van der Waals surface area contributed by atoms with Gasteiger partial charge in [0.2, 0.25) is 10.0 Å². The molecule has 1 aliphatic heterocycles. The minimum atomic E-state index is -3.11. The second-order valence-corrected chi connectivity index (χ2v) is 6.32. The lowest BCUT2D eigenvalue weighted by atomic mass is 10.3. The third kappa shape index (κ3) is 3.43. The van der Waals surface area contributed by atoms with Crippen LogP contribution in [0.5, 0.6) is 5.75 Å². The van der Waals surface area contributed by atoms with Crippen molar-refractivity contribution in [2.75, 3.05) is 25.4 Å². The highest BCUT2D eigenvalue weighted by Crippen LogP contribution is 2.15. The van der Waals surface area contributed by atoms with Crippen LogP contribution in [0.25, 0.3) is 0 Å². The van der Waals surface area contributed by atoms with Gasteiger partial charge in [-0.25, -0.2) is 12.8 Å². The van der Waals surface area contributed by atoms with Gasteiger partial charge in [-0.3, -0.25) is 0 Å². The van der Waals surface area contributed by atoms with Crippen LogP contribution in [0.1, 0.15) is 12.8 Å². The first-order valence-corrected chi connectivity index (χ1v) is 7.55. The zero-order valence-corrected chi connectivity index (χ0v) is 10.8. The highest BCUT2D eigenvalue weighted by atomic mass is 32.2. The van der Waals surface area contributed by atoms with E-state index in [0.29, 0.717) is 18.8 Å². The van der Waals surface area contributed by atoms with Gasteiger partial charge in [0.1, 0.15) is 18.2 Å². The molecule has 1 aromatic carbocycles. The maximum absolute atomic E-state index is 12.9. The molecule has 18 heavy (non-hydrogen) atoms. The molecule has 0 spiro atoms. The summed E-state index contributed by atoms with van der Waals surface area (Å²) in [6, 6.07) is 5.82. The standard InChI is InChI=1S/C12H16FNO3S/c13-11-4-3-5-12(10-11)17-8-7-14-6-1-2-9-18(14,15)16/h3-5,10H,1-2,6-9H2. The topological polar surface area (TPSA) is 46.6 Å². The summed E-state index contributed by atoms with van der Waals surface area (Å²) in [5.74, 6) is 0.273. The van der Waals surface area contributed by atoms with Crippen LogP contribution in [0.3, 0.4) is 0 Å². The highest BCUT2D eigenvalue weighted by molar-refractivity contribution is 7.89. The van der Waals surface area contributed by atoms with E-state index >= 15 is 0 Å². The largest absolute Gasteiger partial charge is 0.492 e. The van der Waals surface area contributed by atoms with E-state index in [9.17, 15) is 12.8 Å². The molecule has 0 aromatic heterocycles. The van der Waals surface area contributed by atoms with Gasteiger partial charge in [-0.2, -0.15) is 4.31 Å². The average Bonchev–Trinajstić information content (AvgIpc) is 2.31. The third-order valence-corrected chi connectivity index (χ3v) is 4.82. The van der Waals surface area contributed by atoms with Gasteiger partial charge in [0.15, 0.2) is 0 Å². The van der Waals surface area contributed by atoms with Crippen molar-refractivity contribution in [2.24, 2.45) is 0 Å². The van der Waals surface area contributed by atoms with E-state index < -0.39 is 10.0 Å². The molecule has 0 atom stereocenters. The smallest absolute Gasteiger partial charge is 0.214 e. The SMILES string of the molecule is O=S1(=O)CCCCN1CCOc1cccc(F)c1. The van der Waals surface area contributed by atoms with E-state index in [1.54, 1.807) is 12.1 Å². The molecular weight excluding hydrogens is 257 g/mol. The Morgan fingerprint density at radius 3 is 2.89 bits per heavy atom. The van der Waals surface area contributed by atoms with Crippen molar-refractivity contribution in [1.82, 2.24) is 4.31 Å². The number of ether oxygens (including phenoxy) is 1. The van der Waals surface area contributed by atoms with Crippen molar-refractivity contribution in [3.63, 3.8) is 0 Å². The first kappa shape index (κ1) is 13.3. The van der Waals surface area contributed by atoms with E-state index in [-0.39, 0.29) is 18.2 Å². The lowest BCUT2D eigenvalue weighted by Crippen LogP contribution is -2.40. The van der Waals surface area contributed by atoms with Crippen LogP contribution in [-0.4, -0.2) is 38.2 Å². The van der Waals surface area contributed by atoms with Crippen molar-refractivity contribution in [1.29, 1.82) is 0 Å². The molecule has 1 aliphatic rings. The molecule has 6 heteroatoms. The molecule has 0 aliphatic carbocycles. The van der Waals surface area contributed by atoms with Crippen molar-refractivity contribution in [3.8, 4) is 5.75 Å². The molecular formula is C12H16FNO3S. The molecule has 4 nitrogen and oxygen atoms in total. The molecule has 0 saturated carbocycles. The summed E-state index contributed by atoms with van der Waals surface area (Å²) in [5, 5.41) is 0. The van der Waals surface area contributed by atoms with Gasteiger partial charge in [0, 0.05) is 19.2 Å². The Balaban J connectivity index is 1.85. The molecule has 1 heterocycles. The van der Waals surface area contributed by atoms with Crippen LogP contribution < -0.4 is 4.74 Å². The number of nitrogens with zero attached hydrogens (tertiary/aromatic N) is 1. The van der Waals surface area contributed by atoms with Gasteiger partial charge >= 0.3 is 0 Å². The molecule has 0 radical (unpaired) electrons. The molecule has 0 amide bonds. The zero-order valence-electron chi connectivity index (χ0n) is 10.0. The van der Waals surface area contributed by atoms with E-state index in [1.807, 2.05) is 0 Å². The quantitative estimate of drug-likeness (QED) is 0.837. The summed E-state index contributed by atoms with van der Waals surface area (Å²) < 4.78 is 43.0. The Hall–Kier alpha value is -1.14. The number of sulfonamides is 1. The maximum atomic E-state index is 12.9. The number of rotatable bonds is 4. The fourth-order valence-electron chi connectivity index (χ4n) is 1.91. The summed E-state index contributed by atoms with van der Waals surface area (Å²) in [7, 11) is -3.11. The molecule has 1 saturated heterocycles. The second kappa shape index (κ2) is 5.67. The summed E-state index contributed by atoms with van der Waals surface area (Å²) >= 11 is 0. The summed E-state index contributed by atoms with van der Waals surface area (Å²) in [6.45, 7) is 1.11. The Morgan fingerprint density at radius 1 is 1.33 bits per heavy atom. The molecule has 1 aromatic rings. The first-order chi connectivity index (χ1) is 8.58. The van der Waals surface area contributed by atoms with Crippen LogP contribution in [0.15, 0.2) is 24.3 Å².